The van der Waals surface area contributed by atoms with Gasteiger partial charge in [-0.15, -0.1) is 0 Å². The molecule has 1 saturated carbocycles. The Hall–Kier alpha value is -1.10. The molecule has 0 heterocycles. The number of aliphatic hydroxyl groups excluding tert-OH is 2. The minimum Gasteiger partial charge on any atom is -0.497 e. The fourth-order valence-corrected chi connectivity index (χ4v) is 2.58. The zero-order chi connectivity index (χ0) is 13.7. The van der Waals surface area contributed by atoms with Crippen LogP contribution in [0.15, 0.2) is 24.3 Å². The average Bonchev–Trinajstić information content (AvgIpc) is 2.46. The fourth-order valence-electron chi connectivity index (χ4n) is 2.58. The van der Waals surface area contributed by atoms with E-state index in [1.54, 1.807) is 7.11 Å². The van der Waals surface area contributed by atoms with Crippen molar-refractivity contribution < 1.29 is 14.9 Å². The number of ether oxygens (including phenoxy) is 1. The van der Waals surface area contributed by atoms with Gasteiger partial charge in [0.1, 0.15) is 5.75 Å². The topological polar surface area (TPSA) is 61.7 Å². The summed E-state index contributed by atoms with van der Waals surface area (Å²) in [7, 11) is 1.61. The molecule has 0 saturated heterocycles. The number of methoxy groups -OCH3 is 1. The molecule has 0 aromatic heterocycles. The molecule has 1 fully saturated rings. The molecule has 1 aliphatic carbocycles. The smallest absolute Gasteiger partial charge is 0.119 e. The van der Waals surface area contributed by atoms with Crippen LogP contribution >= 0.6 is 0 Å². The van der Waals surface area contributed by atoms with E-state index < -0.39 is 6.10 Å². The van der Waals surface area contributed by atoms with Crippen molar-refractivity contribution in [3.63, 3.8) is 0 Å². The second-order valence-corrected chi connectivity index (χ2v) is 5.16. The third-order valence-corrected chi connectivity index (χ3v) is 3.78. The van der Waals surface area contributed by atoms with E-state index in [0.29, 0.717) is 6.54 Å². The normalized spacial score (nSPS) is 25.0. The Morgan fingerprint density at radius 3 is 2.89 bits per heavy atom. The first-order valence-corrected chi connectivity index (χ1v) is 6.94. The summed E-state index contributed by atoms with van der Waals surface area (Å²) in [4.78, 5) is 0. The van der Waals surface area contributed by atoms with Crippen molar-refractivity contribution in [1.82, 2.24) is 5.32 Å². The van der Waals surface area contributed by atoms with Crippen LogP contribution in [-0.4, -0.2) is 36.0 Å². The molecule has 3 unspecified atom stereocenters. The highest BCUT2D eigenvalue weighted by Gasteiger charge is 2.23. The molecule has 19 heavy (non-hydrogen) atoms. The molecular formula is C15H23NO3. The molecule has 1 aliphatic rings. The number of nitrogens with one attached hydrogen (secondary N) is 1. The van der Waals surface area contributed by atoms with Gasteiger partial charge in [-0.3, -0.25) is 0 Å². The summed E-state index contributed by atoms with van der Waals surface area (Å²) in [6.45, 7) is 0.453. The standard InChI is InChI=1S/C15H23NO3/c1-19-12-6-4-5-11(9-12)15(18)10-16-13-7-2-3-8-14(13)17/h4-6,9,13-18H,2-3,7-8,10H2,1H3. The molecule has 4 heteroatoms. The lowest BCUT2D eigenvalue weighted by molar-refractivity contribution is 0.0797. The summed E-state index contributed by atoms with van der Waals surface area (Å²) in [5.74, 6) is 0.745. The van der Waals surface area contributed by atoms with Crippen LogP contribution in [0.25, 0.3) is 0 Å². The van der Waals surface area contributed by atoms with Crippen molar-refractivity contribution in [2.75, 3.05) is 13.7 Å². The number of benzene rings is 1. The molecule has 3 N–H and O–H groups in total. The van der Waals surface area contributed by atoms with E-state index in [4.69, 9.17) is 4.74 Å². The Labute approximate surface area is 114 Å². The highest BCUT2D eigenvalue weighted by atomic mass is 16.5. The molecule has 0 aliphatic heterocycles. The predicted octanol–water partition coefficient (Wildman–Crippen LogP) is 1.62. The summed E-state index contributed by atoms with van der Waals surface area (Å²) in [5, 5.41) is 23.3. The first-order chi connectivity index (χ1) is 9.20. The lowest BCUT2D eigenvalue weighted by atomic mass is 9.92. The van der Waals surface area contributed by atoms with Crippen molar-refractivity contribution in [1.29, 1.82) is 0 Å². The van der Waals surface area contributed by atoms with Gasteiger partial charge < -0.3 is 20.3 Å². The highest BCUT2D eigenvalue weighted by molar-refractivity contribution is 5.29. The quantitative estimate of drug-likeness (QED) is 0.757. The van der Waals surface area contributed by atoms with Crippen molar-refractivity contribution in [3.8, 4) is 5.75 Å². The molecule has 2 rings (SSSR count). The third-order valence-electron chi connectivity index (χ3n) is 3.78. The van der Waals surface area contributed by atoms with E-state index in [9.17, 15) is 10.2 Å². The van der Waals surface area contributed by atoms with E-state index in [1.807, 2.05) is 24.3 Å². The Balaban J connectivity index is 1.87. The first kappa shape index (κ1) is 14.3. The molecule has 1 aromatic rings. The number of hydrogen-bond acceptors (Lipinski definition) is 4. The van der Waals surface area contributed by atoms with Gasteiger partial charge in [-0.05, 0) is 30.5 Å². The van der Waals surface area contributed by atoms with Gasteiger partial charge in [-0.2, -0.15) is 0 Å². The Bertz CT molecular complexity index is 397. The molecule has 1 aromatic carbocycles. The van der Waals surface area contributed by atoms with Gasteiger partial charge in [-0.25, -0.2) is 0 Å². The zero-order valence-electron chi connectivity index (χ0n) is 11.4. The first-order valence-electron chi connectivity index (χ1n) is 6.94. The molecule has 0 spiro atoms. The van der Waals surface area contributed by atoms with Crippen molar-refractivity contribution in [2.45, 2.75) is 43.9 Å². The lowest BCUT2D eigenvalue weighted by Crippen LogP contribution is -2.43. The van der Waals surface area contributed by atoms with Crippen LogP contribution in [0.4, 0.5) is 0 Å². The molecule has 3 atom stereocenters. The van der Waals surface area contributed by atoms with Gasteiger partial charge in [0.2, 0.25) is 0 Å². The van der Waals surface area contributed by atoms with E-state index in [1.165, 1.54) is 0 Å². The fraction of sp³-hybridized carbons (Fsp3) is 0.600. The van der Waals surface area contributed by atoms with Gasteiger partial charge in [0, 0.05) is 12.6 Å². The molecule has 0 bridgehead atoms. The summed E-state index contributed by atoms with van der Waals surface area (Å²) < 4.78 is 5.15. The number of aliphatic hydroxyl groups is 2. The zero-order valence-corrected chi connectivity index (χ0v) is 11.4. The minimum absolute atomic E-state index is 0.106. The second kappa shape index (κ2) is 6.89. The Kier molecular flexibility index (Phi) is 5.19. The average molecular weight is 265 g/mol. The van der Waals surface area contributed by atoms with Gasteiger partial charge >= 0.3 is 0 Å². The van der Waals surface area contributed by atoms with Crippen LogP contribution in [-0.2, 0) is 0 Å². The van der Waals surface area contributed by atoms with Crippen LogP contribution < -0.4 is 10.1 Å². The summed E-state index contributed by atoms with van der Waals surface area (Å²) in [6.07, 6.45) is 3.20. The third kappa shape index (κ3) is 3.93. The maximum atomic E-state index is 10.2. The van der Waals surface area contributed by atoms with E-state index >= 15 is 0 Å². The van der Waals surface area contributed by atoms with Crippen molar-refractivity contribution in [3.05, 3.63) is 29.8 Å². The van der Waals surface area contributed by atoms with Gasteiger partial charge in [0.05, 0.1) is 19.3 Å². The molecule has 0 amide bonds. The largest absolute Gasteiger partial charge is 0.497 e. The maximum Gasteiger partial charge on any atom is 0.119 e. The summed E-state index contributed by atoms with van der Waals surface area (Å²) in [6, 6.07) is 7.55. The Morgan fingerprint density at radius 2 is 2.16 bits per heavy atom. The van der Waals surface area contributed by atoms with E-state index in [-0.39, 0.29) is 12.1 Å². The maximum absolute atomic E-state index is 10.2. The van der Waals surface area contributed by atoms with Crippen molar-refractivity contribution >= 4 is 0 Å². The highest BCUT2D eigenvalue weighted by Crippen LogP contribution is 2.21. The van der Waals surface area contributed by atoms with Crippen molar-refractivity contribution in [2.24, 2.45) is 0 Å². The van der Waals surface area contributed by atoms with Crippen LogP contribution in [0.1, 0.15) is 37.4 Å². The summed E-state index contributed by atoms with van der Waals surface area (Å²) in [5.41, 5.74) is 0.831. The molecule has 106 valence electrons. The predicted molar refractivity (Wildman–Crippen MR) is 74.2 cm³/mol. The summed E-state index contributed by atoms with van der Waals surface area (Å²) >= 11 is 0. The van der Waals surface area contributed by atoms with Gasteiger partial charge in [0.25, 0.3) is 0 Å². The van der Waals surface area contributed by atoms with Crippen LogP contribution in [0.5, 0.6) is 5.75 Å². The lowest BCUT2D eigenvalue weighted by Gasteiger charge is -2.29. The minimum atomic E-state index is -0.579. The van der Waals surface area contributed by atoms with E-state index in [2.05, 4.69) is 5.32 Å². The molecular weight excluding hydrogens is 242 g/mol. The van der Waals surface area contributed by atoms with Gasteiger partial charge in [0.15, 0.2) is 0 Å². The van der Waals surface area contributed by atoms with Crippen LogP contribution in [0, 0.1) is 0 Å². The van der Waals surface area contributed by atoms with Crippen LogP contribution in [0.2, 0.25) is 0 Å². The molecule has 0 radical (unpaired) electrons. The van der Waals surface area contributed by atoms with E-state index in [0.717, 1.165) is 37.0 Å². The number of rotatable bonds is 5. The van der Waals surface area contributed by atoms with Gasteiger partial charge in [-0.1, -0.05) is 25.0 Å². The van der Waals surface area contributed by atoms with Crippen LogP contribution in [0.3, 0.4) is 0 Å². The molecule has 4 nitrogen and oxygen atoms in total. The SMILES string of the molecule is COc1cccc(C(O)CNC2CCCCC2O)c1. The second-order valence-electron chi connectivity index (χ2n) is 5.16. The monoisotopic (exact) mass is 265 g/mol. The number of hydrogen-bond donors (Lipinski definition) is 3. The Morgan fingerprint density at radius 1 is 1.37 bits per heavy atom.